The summed E-state index contributed by atoms with van der Waals surface area (Å²) in [6, 6.07) is 13.8. The summed E-state index contributed by atoms with van der Waals surface area (Å²) in [6.07, 6.45) is 0. The summed E-state index contributed by atoms with van der Waals surface area (Å²) in [5.74, 6) is 0.0728. The van der Waals surface area contributed by atoms with Crippen LogP contribution in [0.15, 0.2) is 51.4 Å². The molecule has 3 nitrogen and oxygen atoms in total. The van der Waals surface area contributed by atoms with Gasteiger partial charge in [0.15, 0.2) is 5.75 Å². The van der Waals surface area contributed by atoms with Gasteiger partial charge in [-0.1, -0.05) is 28.1 Å². The maximum Gasteiger partial charge on any atom is 0.246 e. The molecule has 1 aromatic heterocycles. The number of hydrogen-bond acceptors (Lipinski definition) is 3. The zero-order chi connectivity index (χ0) is 14.8. The third-order valence-electron chi connectivity index (χ3n) is 3.03. The molecule has 5 heteroatoms. The van der Waals surface area contributed by atoms with E-state index in [0.717, 1.165) is 4.47 Å². The minimum Gasteiger partial charge on any atom is -0.483 e. The predicted molar refractivity (Wildman–Crippen MR) is 79.4 cm³/mol. The SMILES string of the molecule is N#Cc1oc2ccccc2c1OCc1cc(Br)ccc1F. The van der Waals surface area contributed by atoms with Gasteiger partial charge in [-0.2, -0.15) is 5.26 Å². The Labute approximate surface area is 128 Å². The molecular weight excluding hydrogens is 337 g/mol. The van der Waals surface area contributed by atoms with Gasteiger partial charge in [0.25, 0.3) is 0 Å². The molecule has 0 bridgehead atoms. The van der Waals surface area contributed by atoms with Crippen LogP contribution in [-0.4, -0.2) is 0 Å². The number of para-hydroxylation sites is 1. The summed E-state index contributed by atoms with van der Waals surface area (Å²) in [6.45, 7) is 0.0173. The zero-order valence-corrected chi connectivity index (χ0v) is 12.4. The monoisotopic (exact) mass is 345 g/mol. The average Bonchev–Trinajstić information content (AvgIpc) is 2.86. The van der Waals surface area contributed by atoms with Gasteiger partial charge in [0.2, 0.25) is 5.76 Å². The lowest BCUT2D eigenvalue weighted by atomic mass is 10.2. The van der Waals surface area contributed by atoms with Gasteiger partial charge in [0, 0.05) is 10.0 Å². The van der Waals surface area contributed by atoms with E-state index < -0.39 is 0 Å². The molecule has 0 atom stereocenters. The van der Waals surface area contributed by atoms with Crippen LogP contribution < -0.4 is 4.74 Å². The Balaban J connectivity index is 1.95. The Morgan fingerprint density at radius 2 is 2.05 bits per heavy atom. The lowest BCUT2D eigenvalue weighted by Gasteiger charge is -2.06. The smallest absolute Gasteiger partial charge is 0.246 e. The van der Waals surface area contributed by atoms with Gasteiger partial charge in [-0.05, 0) is 30.3 Å². The molecule has 0 amide bonds. The molecule has 0 spiro atoms. The van der Waals surface area contributed by atoms with Gasteiger partial charge in [-0.3, -0.25) is 0 Å². The molecule has 1 heterocycles. The Bertz CT molecular complexity index is 851. The van der Waals surface area contributed by atoms with E-state index in [4.69, 9.17) is 14.4 Å². The molecule has 0 fully saturated rings. The number of rotatable bonds is 3. The summed E-state index contributed by atoms with van der Waals surface area (Å²) in [4.78, 5) is 0. The highest BCUT2D eigenvalue weighted by Gasteiger charge is 2.15. The Kier molecular flexibility index (Phi) is 3.63. The largest absolute Gasteiger partial charge is 0.483 e. The molecule has 0 saturated heterocycles. The fraction of sp³-hybridized carbons (Fsp3) is 0.0625. The van der Waals surface area contributed by atoms with E-state index in [0.29, 0.717) is 22.3 Å². The second-order valence-corrected chi connectivity index (χ2v) is 5.31. The van der Waals surface area contributed by atoms with Crippen molar-refractivity contribution in [2.45, 2.75) is 6.61 Å². The molecule has 0 aliphatic heterocycles. The molecule has 104 valence electrons. The molecule has 0 aliphatic carbocycles. The number of fused-ring (bicyclic) bond motifs is 1. The Hall–Kier alpha value is -2.32. The molecular formula is C16H9BrFNO2. The zero-order valence-electron chi connectivity index (χ0n) is 10.8. The third-order valence-corrected chi connectivity index (χ3v) is 3.52. The predicted octanol–water partition coefficient (Wildman–Crippen LogP) is 4.79. The first-order valence-electron chi connectivity index (χ1n) is 6.17. The van der Waals surface area contributed by atoms with Crippen LogP contribution in [0.4, 0.5) is 4.39 Å². The molecule has 0 saturated carbocycles. The van der Waals surface area contributed by atoms with Crippen molar-refractivity contribution in [2.24, 2.45) is 0 Å². The van der Waals surface area contributed by atoms with Crippen LogP contribution >= 0.6 is 15.9 Å². The lowest BCUT2D eigenvalue weighted by Crippen LogP contribution is -1.99. The van der Waals surface area contributed by atoms with Crippen molar-refractivity contribution in [3.05, 3.63) is 64.1 Å². The minimum atomic E-state index is -0.357. The van der Waals surface area contributed by atoms with Gasteiger partial charge in [-0.25, -0.2) is 4.39 Å². The van der Waals surface area contributed by atoms with E-state index in [1.54, 1.807) is 24.3 Å². The van der Waals surface area contributed by atoms with Crippen molar-refractivity contribution < 1.29 is 13.5 Å². The first-order chi connectivity index (χ1) is 10.2. The minimum absolute atomic E-state index is 0.0173. The highest BCUT2D eigenvalue weighted by molar-refractivity contribution is 9.10. The molecule has 3 rings (SSSR count). The van der Waals surface area contributed by atoms with Crippen LogP contribution in [-0.2, 0) is 6.61 Å². The quantitative estimate of drug-likeness (QED) is 0.685. The highest BCUT2D eigenvalue weighted by Crippen LogP contribution is 2.33. The first-order valence-corrected chi connectivity index (χ1v) is 6.96. The fourth-order valence-corrected chi connectivity index (χ4v) is 2.45. The van der Waals surface area contributed by atoms with Gasteiger partial charge in [0.05, 0.1) is 5.39 Å². The van der Waals surface area contributed by atoms with Crippen molar-refractivity contribution in [3.63, 3.8) is 0 Å². The van der Waals surface area contributed by atoms with Gasteiger partial charge in [-0.15, -0.1) is 0 Å². The number of furan rings is 1. The molecule has 21 heavy (non-hydrogen) atoms. The van der Waals surface area contributed by atoms with E-state index in [9.17, 15) is 4.39 Å². The first kappa shape index (κ1) is 13.7. The van der Waals surface area contributed by atoms with Gasteiger partial charge in [0.1, 0.15) is 24.1 Å². The van der Waals surface area contributed by atoms with Crippen LogP contribution in [0.1, 0.15) is 11.3 Å². The number of hydrogen-bond donors (Lipinski definition) is 0. The molecule has 0 aliphatic rings. The second-order valence-electron chi connectivity index (χ2n) is 4.39. The summed E-state index contributed by atoms with van der Waals surface area (Å²) >= 11 is 3.29. The highest BCUT2D eigenvalue weighted by atomic mass is 79.9. The molecule has 2 aromatic carbocycles. The van der Waals surface area contributed by atoms with E-state index in [2.05, 4.69) is 15.9 Å². The van der Waals surface area contributed by atoms with Crippen molar-refractivity contribution in [1.29, 1.82) is 5.26 Å². The lowest BCUT2D eigenvalue weighted by molar-refractivity contribution is 0.297. The third kappa shape index (κ3) is 2.63. The van der Waals surface area contributed by atoms with Crippen LogP contribution in [0.3, 0.4) is 0 Å². The van der Waals surface area contributed by atoms with Gasteiger partial charge >= 0.3 is 0 Å². The number of ether oxygens (including phenoxy) is 1. The van der Waals surface area contributed by atoms with Crippen molar-refractivity contribution in [1.82, 2.24) is 0 Å². The number of nitriles is 1. The topological polar surface area (TPSA) is 46.2 Å². The van der Waals surface area contributed by atoms with Crippen molar-refractivity contribution >= 4 is 26.9 Å². The normalized spacial score (nSPS) is 10.5. The number of benzene rings is 2. The average molecular weight is 346 g/mol. The van der Waals surface area contributed by atoms with Gasteiger partial charge < -0.3 is 9.15 Å². The van der Waals surface area contributed by atoms with Crippen LogP contribution in [0.2, 0.25) is 0 Å². The maximum atomic E-state index is 13.7. The Morgan fingerprint density at radius 1 is 1.24 bits per heavy atom. The summed E-state index contributed by atoms with van der Waals surface area (Å²) in [5.41, 5.74) is 0.970. The van der Waals surface area contributed by atoms with Crippen molar-refractivity contribution in [3.8, 4) is 11.8 Å². The van der Waals surface area contributed by atoms with E-state index >= 15 is 0 Å². The molecule has 0 unspecified atom stereocenters. The maximum absolute atomic E-state index is 13.7. The van der Waals surface area contributed by atoms with E-state index in [1.807, 2.05) is 18.2 Å². The van der Waals surface area contributed by atoms with Crippen LogP contribution in [0.5, 0.6) is 5.75 Å². The van der Waals surface area contributed by atoms with Crippen molar-refractivity contribution in [2.75, 3.05) is 0 Å². The fourth-order valence-electron chi connectivity index (χ4n) is 2.04. The second kappa shape index (κ2) is 5.58. The van der Waals surface area contributed by atoms with Crippen LogP contribution in [0.25, 0.3) is 11.0 Å². The summed E-state index contributed by atoms with van der Waals surface area (Å²) in [7, 11) is 0. The van der Waals surface area contributed by atoms with E-state index in [-0.39, 0.29) is 18.2 Å². The number of halogens is 2. The molecule has 0 radical (unpaired) electrons. The summed E-state index contributed by atoms with van der Waals surface area (Å²) in [5, 5.41) is 9.81. The van der Waals surface area contributed by atoms with E-state index in [1.165, 1.54) is 6.07 Å². The molecule has 3 aromatic rings. The number of nitrogens with zero attached hydrogens (tertiary/aromatic N) is 1. The van der Waals surface area contributed by atoms with Crippen LogP contribution in [0, 0.1) is 17.1 Å². The Morgan fingerprint density at radius 3 is 2.86 bits per heavy atom. The summed E-state index contributed by atoms with van der Waals surface area (Å²) < 4.78 is 25.5. The standard InChI is InChI=1S/C16H9BrFNO2/c17-11-5-6-13(18)10(7-11)9-20-16-12-3-1-2-4-14(12)21-15(16)8-19/h1-7H,9H2. The molecule has 0 N–H and O–H groups in total.